The number of rotatable bonds is 0. The van der Waals surface area contributed by atoms with Crippen LogP contribution in [-0.2, 0) is 0 Å². The van der Waals surface area contributed by atoms with E-state index >= 15 is 0 Å². The summed E-state index contributed by atoms with van der Waals surface area (Å²) >= 11 is 0. The van der Waals surface area contributed by atoms with Crippen molar-refractivity contribution in [1.82, 2.24) is 0 Å². The van der Waals surface area contributed by atoms with Gasteiger partial charge in [0.05, 0.1) is 12.2 Å². The van der Waals surface area contributed by atoms with Crippen molar-refractivity contribution in [3.05, 3.63) is 11.6 Å². The molecule has 4 aliphatic carbocycles. The van der Waals surface area contributed by atoms with Gasteiger partial charge in [0.25, 0.3) is 0 Å². The van der Waals surface area contributed by atoms with E-state index in [4.69, 9.17) is 0 Å². The first-order chi connectivity index (χ1) is 10.4. The second-order valence-corrected chi connectivity index (χ2v) is 9.36. The van der Waals surface area contributed by atoms with Gasteiger partial charge in [0.2, 0.25) is 0 Å². The molecule has 4 aliphatic rings. The lowest BCUT2D eigenvalue weighted by Gasteiger charge is -2.58. The third kappa shape index (κ3) is 1.90. The minimum Gasteiger partial charge on any atom is -0.393 e. The van der Waals surface area contributed by atoms with E-state index in [1.807, 2.05) is 0 Å². The van der Waals surface area contributed by atoms with Crippen LogP contribution in [0.2, 0.25) is 0 Å². The lowest BCUT2D eigenvalue weighted by atomic mass is 9.47. The minimum atomic E-state index is -0.319. The van der Waals surface area contributed by atoms with E-state index < -0.39 is 0 Å². The van der Waals surface area contributed by atoms with E-state index in [9.17, 15) is 10.2 Å². The second-order valence-electron chi connectivity index (χ2n) is 8.76. The van der Waals surface area contributed by atoms with Crippen molar-refractivity contribution in [1.29, 1.82) is 0 Å². The van der Waals surface area contributed by atoms with Crippen LogP contribution in [0, 0.1) is 28.6 Å². The Labute approximate surface area is 136 Å². The third-order valence-electron chi connectivity index (χ3n) is 7.89. The third-order valence-corrected chi connectivity index (χ3v) is 8.71. The molecule has 0 spiro atoms. The molecule has 2 nitrogen and oxygen atoms in total. The van der Waals surface area contributed by atoms with Crippen LogP contribution in [0.15, 0.2) is 11.6 Å². The Bertz CT molecular complexity index is 542. The smallest absolute Gasteiger partial charge is 0.0757 e. The van der Waals surface area contributed by atoms with E-state index in [1.54, 1.807) is 0 Å². The average Bonchev–Trinajstić information content (AvgIpc) is 2.77. The molecule has 0 aromatic rings. The van der Waals surface area contributed by atoms with Crippen molar-refractivity contribution in [3.8, 4) is 0 Å². The fraction of sp³-hybridized carbons (Fsp3) is 0.842. The highest BCUT2D eigenvalue weighted by Gasteiger charge is 2.59. The Balaban J connectivity index is 1.75. The number of fused-ring (bicyclic) bond motifs is 5. The second kappa shape index (κ2) is 4.91. The van der Waals surface area contributed by atoms with Gasteiger partial charge in [-0.15, -0.1) is 8.86 Å². The van der Waals surface area contributed by atoms with Gasteiger partial charge in [-0.2, -0.15) is 0 Å². The van der Waals surface area contributed by atoms with Crippen molar-refractivity contribution in [2.75, 3.05) is 0 Å². The Morgan fingerprint density at radius 2 is 1.73 bits per heavy atom. The molecule has 0 aromatic heterocycles. The summed E-state index contributed by atoms with van der Waals surface area (Å²) in [6.07, 6.45) is 9.23. The molecule has 3 fully saturated rings. The Hall–Kier alpha value is -0.170. The molecular weight excluding hydrogens is 291 g/mol. The summed E-state index contributed by atoms with van der Waals surface area (Å²) in [5.41, 5.74) is 1.82. The van der Waals surface area contributed by atoms with E-state index in [-0.39, 0.29) is 23.0 Å². The van der Waals surface area contributed by atoms with E-state index in [1.165, 1.54) is 36.5 Å². The van der Waals surface area contributed by atoms with Gasteiger partial charge >= 0.3 is 0 Å². The number of aliphatic hydroxyl groups excluding tert-OH is 2. The Kier molecular flexibility index (Phi) is 3.43. The lowest BCUT2D eigenvalue weighted by Crippen LogP contribution is -2.54. The summed E-state index contributed by atoms with van der Waals surface area (Å²) in [5, 5.41) is 22.4. The highest BCUT2D eigenvalue weighted by atomic mass is 31.0. The van der Waals surface area contributed by atoms with Crippen LogP contribution >= 0.6 is 8.86 Å². The summed E-state index contributed by atoms with van der Waals surface area (Å²) in [7, 11) is 3.91. The van der Waals surface area contributed by atoms with Crippen LogP contribution in [0.3, 0.4) is 0 Å². The SMILES string of the molecule is CC12CC[C@H](O)CC1=C[C@H](O)C1[C@@H]2CC[C@]2(C)C(=P)CC[C@@H]12. The number of aliphatic hydroxyl groups is 2. The van der Waals surface area contributed by atoms with Crippen molar-refractivity contribution in [2.24, 2.45) is 28.6 Å². The van der Waals surface area contributed by atoms with Gasteiger partial charge in [-0.1, -0.05) is 25.5 Å². The molecule has 7 atom stereocenters. The molecule has 0 aliphatic heterocycles. The van der Waals surface area contributed by atoms with Gasteiger partial charge in [0.15, 0.2) is 0 Å². The molecule has 0 saturated heterocycles. The molecule has 0 aromatic carbocycles. The minimum absolute atomic E-state index is 0.203. The van der Waals surface area contributed by atoms with Crippen LogP contribution in [0.1, 0.15) is 58.8 Å². The maximum Gasteiger partial charge on any atom is 0.0757 e. The highest BCUT2D eigenvalue weighted by Crippen LogP contribution is 2.64. The zero-order valence-electron chi connectivity index (χ0n) is 13.8. The molecule has 122 valence electrons. The standard InChI is InChI=1S/C19H29O2P/c1-18-7-5-12(20)9-11(18)10-15(21)17-13-3-4-16(22)19(13,2)8-6-14(17)18/h10,12-15,17,20-22H,3-9H2,1-2H3/t12-,13-,14-,15-,17?,18?,19-/m0/s1. The summed E-state index contributed by atoms with van der Waals surface area (Å²) in [4.78, 5) is 0. The largest absolute Gasteiger partial charge is 0.393 e. The van der Waals surface area contributed by atoms with Crippen LogP contribution in [0.4, 0.5) is 0 Å². The molecular formula is C19H29O2P. The number of hydrogen-bond acceptors (Lipinski definition) is 2. The average molecular weight is 320 g/mol. The maximum absolute atomic E-state index is 10.9. The Morgan fingerprint density at radius 3 is 2.50 bits per heavy atom. The zero-order chi connectivity index (χ0) is 15.7. The molecule has 3 heteroatoms. The van der Waals surface area contributed by atoms with Crippen LogP contribution < -0.4 is 0 Å². The van der Waals surface area contributed by atoms with Gasteiger partial charge in [-0.25, -0.2) is 0 Å². The molecule has 2 N–H and O–H groups in total. The predicted octanol–water partition coefficient (Wildman–Crippen LogP) is 3.60. The van der Waals surface area contributed by atoms with Crippen LogP contribution in [-0.4, -0.2) is 27.7 Å². The molecule has 0 heterocycles. The van der Waals surface area contributed by atoms with Crippen molar-refractivity contribution in [2.45, 2.75) is 71.0 Å². The van der Waals surface area contributed by atoms with Crippen molar-refractivity contribution >= 4 is 14.2 Å². The molecule has 4 rings (SSSR count). The summed E-state index contributed by atoms with van der Waals surface area (Å²) < 4.78 is 0. The molecule has 2 unspecified atom stereocenters. The van der Waals surface area contributed by atoms with Crippen molar-refractivity contribution < 1.29 is 10.2 Å². The molecule has 0 bridgehead atoms. The fourth-order valence-electron chi connectivity index (χ4n) is 6.44. The van der Waals surface area contributed by atoms with Gasteiger partial charge < -0.3 is 10.2 Å². The van der Waals surface area contributed by atoms with Gasteiger partial charge in [-0.05, 0) is 78.8 Å². The molecule has 0 amide bonds. The van der Waals surface area contributed by atoms with Crippen LogP contribution in [0.25, 0.3) is 0 Å². The highest BCUT2D eigenvalue weighted by molar-refractivity contribution is 7.21. The summed E-state index contributed by atoms with van der Waals surface area (Å²) in [5.74, 6) is 1.59. The summed E-state index contributed by atoms with van der Waals surface area (Å²) in [6.45, 7) is 4.81. The topological polar surface area (TPSA) is 40.5 Å². The van der Waals surface area contributed by atoms with E-state index in [0.29, 0.717) is 17.8 Å². The van der Waals surface area contributed by atoms with E-state index in [0.717, 1.165) is 19.3 Å². The van der Waals surface area contributed by atoms with E-state index in [2.05, 4.69) is 28.8 Å². The zero-order valence-corrected chi connectivity index (χ0v) is 14.8. The molecule has 3 saturated carbocycles. The van der Waals surface area contributed by atoms with Gasteiger partial charge in [0.1, 0.15) is 0 Å². The first-order valence-corrected chi connectivity index (χ1v) is 9.51. The van der Waals surface area contributed by atoms with Crippen molar-refractivity contribution in [3.63, 3.8) is 0 Å². The Morgan fingerprint density at radius 1 is 1.05 bits per heavy atom. The first kappa shape index (κ1) is 15.4. The summed E-state index contributed by atoms with van der Waals surface area (Å²) in [6, 6.07) is 0. The van der Waals surface area contributed by atoms with Gasteiger partial charge in [-0.3, -0.25) is 0 Å². The normalized spacial score (nSPS) is 54.3. The monoisotopic (exact) mass is 320 g/mol. The number of hydrogen-bond donors (Lipinski definition) is 2. The fourth-order valence-corrected chi connectivity index (χ4v) is 6.90. The first-order valence-electron chi connectivity index (χ1n) is 9.01. The molecule has 0 radical (unpaired) electrons. The maximum atomic E-state index is 10.9. The quantitative estimate of drug-likeness (QED) is 0.529. The van der Waals surface area contributed by atoms with Gasteiger partial charge in [0, 0.05) is 0 Å². The van der Waals surface area contributed by atoms with Crippen LogP contribution in [0.5, 0.6) is 0 Å². The molecule has 22 heavy (non-hydrogen) atoms. The predicted molar refractivity (Wildman–Crippen MR) is 92.4 cm³/mol. The lowest BCUT2D eigenvalue weighted by molar-refractivity contribution is -0.0705.